The second-order valence-corrected chi connectivity index (χ2v) is 8.44. The Morgan fingerprint density at radius 1 is 1.44 bits per heavy atom. The van der Waals surface area contributed by atoms with Crippen molar-refractivity contribution in [3.05, 3.63) is 15.8 Å². The Labute approximate surface area is 113 Å². The Morgan fingerprint density at radius 2 is 2.11 bits per heavy atom. The first-order valence-electron chi connectivity index (χ1n) is 6.15. The van der Waals surface area contributed by atoms with E-state index >= 15 is 0 Å². The molecule has 2 N–H and O–H groups in total. The topological polar surface area (TPSA) is 63.4 Å². The Bertz CT molecular complexity index is 536. The lowest BCUT2D eigenvalue weighted by Crippen LogP contribution is -2.49. The fraction of sp³-hybridized carbons (Fsp3) is 0.667. The number of aryl methyl sites for hydroxylation is 2. The highest BCUT2D eigenvalue weighted by atomic mass is 32.2. The quantitative estimate of drug-likeness (QED) is 0.901. The molecule has 4 nitrogen and oxygen atoms in total. The van der Waals surface area contributed by atoms with Gasteiger partial charge in [0.05, 0.1) is 4.90 Å². The molecular formula is C12H20N2O2S2. The van der Waals surface area contributed by atoms with Gasteiger partial charge in [-0.1, -0.05) is 6.92 Å². The standard InChI is InChI=1S/C12H20N2O2S2/c1-8-4-5-14(7-11(8)13)18(15,16)12-6-9(2)17-10(12)3/h6,8,11H,4-5,7,13H2,1-3H3. The van der Waals surface area contributed by atoms with Crippen molar-refractivity contribution in [1.82, 2.24) is 4.31 Å². The molecule has 2 rings (SSSR count). The Morgan fingerprint density at radius 3 is 2.61 bits per heavy atom. The van der Waals surface area contributed by atoms with Gasteiger partial charge in [0.15, 0.2) is 0 Å². The van der Waals surface area contributed by atoms with Crippen molar-refractivity contribution in [3.63, 3.8) is 0 Å². The second-order valence-electron chi connectivity index (χ2n) is 5.07. The van der Waals surface area contributed by atoms with Gasteiger partial charge in [0, 0.05) is 28.9 Å². The molecule has 0 saturated carbocycles. The maximum Gasteiger partial charge on any atom is 0.244 e. The first-order chi connectivity index (χ1) is 8.32. The number of piperidine rings is 1. The zero-order valence-corrected chi connectivity index (χ0v) is 12.6. The molecule has 1 fully saturated rings. The molecule has 2 unspecified atom stereocenters. The molecule has 0 bridgehead atoms. The molecule has 0 amide bonds. The summed E-state index contributed by atoms with van der Waals surface area (Å²) in [6, 6.07) is 1.70. The maximum absolute atomic E-state index is 12.6. The van der Waals surface area contributed by atoms with Crippen molar-refractivity contribution < 1.29 is 8.42 Å². The molecule has 18 heavy (non-hydrogen) atoms. The van der Waals surface area contributed by atoms with Crippen LogP contribution in [-0.4, -0.2) is 31.9 Å². The van der Waals surface area contributed by atoms with E-state index in [1.54, 1.807) is 6.07 Å². The predicted molar refractivity (Wildman–Crippen MR) is 74.3 cm³/mol. The van der Waals surface area contributed by atoms with Crippen LogP contribution in [0, 0.1) is 19.8 Å². The highest BCUT2D eigenvalue weighted by Gasteiger charge is 2.33. The van der Waals surface area contributed by atoms with Crippen molar-refractivity contribution >= 4 is 21.4 Å². The molecule has 2 heterocycles. The molecule has 1 aliphatic rings. The molecule has 1 saturated heterocycles. The van der Waals surface area contributed by atoms with E-state index in [2.05, 4.69) is 6.92 Å². The van der Waals surface area contributed by atoms with Crippen LogP contribution in [0.1, 0.15) is 23.1 Å². The average Bonchev–Trinajstić information content (AvgIpc) is 2.62. The van der Waals surface area contributed by atoms with E-state index in [9.17, 15) is 8.42 Å². The predicted octanol–water partition coefficient (Wildman–Crippen LogP) is 1.72. The molecule has 2 atom stereocenters. The monoisotopic (exact) mass is 288 g/mol. The highest BCUT2D eigenvalue weighted by molar-refractivity contribution is 7.89. The van der Waals surface area contributed by atoms with Crippen LogP contribution in [0.25, 0.3) is 0 Å². The van der Waals surface area contributed by atoms with E-state index in [0.717, 1.165) is 16.2 Å². The van der Waals surface area contributed by atoms with Crippen molar-refractivity contribution in [2.45, 2.75) is 38.1 Å². The molecule has 1 aromatic heterocycles. The van der Waals surface area contributed by atoms with E-state index < -0.39 is 10.0 Å². The van der Waals surface area contributed by atoms with Crippen LogP contribution in [0.15, 0.2) is 11.0 Å². The third kappa shape index (κ3) is 2.47. The summed E-state index contributed by atoms with van der Waals surface area (Å²) < 4.78 is 26.6. The molecule has 102 valence electrons. The number of thiophene rings is 1. The van der Waals surface area contributed by atoms with Crippen molar-refractivity contribution in [2.75, 3.05) is 13.1 Å². The average molecular weight is 288 g/mol. The molecule has 6 heteroatoms. The Kier molecular flexibility index (Phi) is 3.82. The van der Waals surface area contributed by atoms with Crippen LogP contribution in [0.5, 0.6) is 0 Å². The van der Waals surface area contributed by atoms with Crippen LogP contribution in [0.3, 0.4) is 0 Å². The summed E-state index contributed by atoms with van der Waals surface area (Å²) in [6.07, 6.45) is 0.836. The van der Waals surface area contributed by atoms with E-state index in [4.69, 9.17) is 5.73 Å². The summed E-state index contributed by atoms with van der Waals surface area (Å²) in [5.74, 6) is 0.391. The van der Waals surface area contributed by atoms with Gasteiger partial charge < -0.3 is 5.73 Å². The van der Waals surface area contributed by atoms with Crippen LogP contribution >= 0.6 is 11.3 Å². The van der Waals surface area contributed by atoms with Crippen molar-refractivity contribution in [1.29, 1.82) is 0 Å². The van der Waals surface area contributed by atoms with Crippen LogP contribution < -0.4 is 5.73 Å². The lowest BCUT2D eigenvalue weighted by Gasteiger charge is -2.34. The van der Waals surface area contributed by atoms with Crippen molar-refractivity contribution in [3.8, 4) is 0 Å². The zero-order valence-electron chi connectivity index (χ0n) is 11.0. The third-order valence-corrected chi connectivity index (χ3v) is 6.68. The summed E-state index contributed by atoms with van der Waals surface area (Å²) in [4.78, 5) is 2.34. The molecule has 0 spiro atoms. The first-order valence-corrected chi connectivity index (χ1v) is 8.41. The fourth-order valence-corrected chi connectivity index (χ4v) is 5.31. The van der Waals surface area contributed by atoms with Gasteiger partial charge in [-0.2, -0.15) is 4.31 Å². The smallest absolute Gasteiger partial charge is 0.244 e. The van der Waals surface area contributed by atoms with E-state index in [-0.39, 0.29) is 6.04 Å². The minimum Gasteiger partial charge on any atom is -0.326 e. The molecule has 0 radical (unpaired) electrons. The Hall–Kier alpha value is -0.430. The molecule has 0 aromatic carbocycles. The number of rotatable bonds is 2. The number of nitrogens with two attached hydrogens (primary N) is 1. The normalized spacial score (nSPS) is 26.4. The molecule has 0 aliphatic carbocycles. The SMILES string of the molecule is Cc1cc(S(=O)(=O)N2CCC(C)C(N)C2)c(C)s1. The zero-order chi connectivity index (χ0) is 13.5. The second kappa shape index (κ2) is 4.92. The van der Waals surface area contributed by atoms with Gasteiger partial charge in [0.2, 0.25) is 10.0 Å². The number of nitrogens with zero attached hydrogens (tertiary/aromatic N) is 1. The number of sulfonamides is 1. The summed E-state index contributed by atoms with van der Waals surface area (Å²) in [5, 5.41) is 0. The van der Waals surface area contributed by atoms with Gasteiger partial charge in [-0.25, -0.2) is 8.42 Å². The van der Waals surface area contributed by atoms with Crippen molar-refractivity contribution in [2.24, 2.45) is 11.7 Å². The van der Waals surface area contributed by atoms with Crippen LogP contribution in [0.4, 0.5) is 0 Å². The molecule has 1 aromatic rings. The summed E-state index contributed by atoms with van der Waals surface area (Å²) in [5.41, 5.74) is 5.98. The lowest BCUT2D eigenvalue weighted by molar-refractivity contribution is 0.253. The first kappa shape index (κ1) is 14.0. The summed E-state index contributed by atoms with van der Waals surface area (Å²) in [7, 11) is -3.36. The minimum absolute atomic E-state index is 0.0615. The van der Waals surface area contributed by atoms with Gasteiger partial charge in [-0.3, -0.25) is 0 Å². The van der Waals surface area contributed by atoms with Gasteiger partial charge >= 0.3 is 0 Å². The number of hydrogen-bond acceptors (Lipinski definition) is 4. The third-order valence-electron chi connectivity index (χ3n) is 3.59. The largest absolute Gasteiger partial charge is 0.326 e. The summed E-state index contributed by atoms with van der Waals surface area (Å²) >= 11 is 1.52. The summed E-state index contributed by atoms with van der Waals surface area (Å²) in [6.45, 7) is 6.87. The van der Waals surface area contributed by atoms with E-state index in [0.29, 0.717) is 23.9 Å². The molecular weight excluding hydrogens is 268 g/mol. The highest BCUT2D eigenvalue weighted by Crippen LogP contribution is 2.29. The number of hydrogen-bond donors (Lipinski definition) is 1. The van der Waals surface area contributed by atoms with E-state index in [1.807, 2.05) is 13.8 Å². The van der Waals surface area contributed by atoms with Crippen LogP contribution in [-0.2, 0) is 10.0 Å². The van der Waals surface area contributed by atoms with Gasteiger partial charge in [0.25, 0.3) is 0 Å². The minimum atomic E-state index is -3.36. The molecule has 1 aliphatic heterocycles. The van der Waals surface area contributed by atoms with Gasteiger partial charge in [0.1, 0.15) is 0 Å². The fourth-order valence-electron chi connectivity index (χ4n) is 2.29. The Balaban J connectivity index is 2.29. The van der Waals surface area contributed by atoms with Gasteiger partial charge in [-0.05, 0) is 32.3 Å². The van der Waals surface area contributed by atoms with Crippen LogP contribution in [0.2, 0.25) is 0 Å². The van der Waals surface area contributed by atoms with E-state index in [1.165, 1.54) is 15.6 Å². The van der Waals surface area contributed by atoms with Gasteiger partial charge in [-0.15, -0.1) is 11.3 Å². The maximum atomic E-state index is 12.6. The lowest BCUT2D eigenvalue weighted by atomic mass is 9.96.